The zero-order valence-electron chi connectivity index (χ0n) is 14.6. The highest BCUT2D eigenvalue weighted by Gasteiger charge is 2.00. The number of ether oxygens (including phenoxy) is 1. The molecular weight excluding hydrogens is 284 g/mol. The van der Waals surface area contributed by atoms with E-state index in [1.165, 1.54) is 57.8 Å². The second kappa shape index (κ2) is 14.0. The van der Waals surface area contributed by atoms with Crippen LogP contribution in [0.15, 0.2) is 42.5 Å². The fourth-order valence-corrected chi connectivity index (χ4v) is 2.53. The molecule has 0 fully saturated rings. The van der Waals surface area contributed by atoms with Gasteiger partial charge in [0.2, 0.25) is 0 Å². The van der Waals surface area contributed by atoms with Gasteiger partial charge in [0.05, 0.1) is 6.42 Å². The zero-order chi connectivity index (χ0) is 16.6. The lowest BCUT2D eigenvalue weighted by Gasteiger charge is -2.01. The van der Waals surface area contributed by atoms with Gasteiger partial charge in [0, 0.05) is 0 Å². The molecule has 0 aromatic heterocycles. The minimum absolute atomic E-state index is 0.195. The summed E-state index contributed by atoms with van der Waals surface area (Å²) in [5, 5.41) is 0. The van der Waals surface area contributed by atoms with Crippen molar-refractivity contribution in [2.24, 2.45) is 0 Å². The Morgan fingerprint density at radius 3 is 2.13 bits per heavy atom. The van der Waals surface area contributed by atoms with Crippen LogP contribution in [-0.2, 0) is 4.79 Å². The molecule has 0 aliphatic rings. The minimum Gasteiger partial charge on any atom is -0.426 e. The molecule has 0 N–H and O–H groups in total. The van der Waals surface area contributed by atoms with Gasteiger partial charge in [-0.2, -0.15) is 0 Å². The lowest BCUT2D eigenvalue weighted by Crippen LogP contribution is -2.05. The second-order valence-corrected chi connectivity index (χ2v) is 6.08. The molecule has 1 aromatic carbocycles. The Balaban J connectivity index is 1.91. The molecule has 0 aliphatic carbocycles. The highest BCUT2D eigenvalue weighted by atomic mass is 16.5. The zero-order valence-corrected chi connectivity index (χ0v) is 14.6. The van der Waals surface area contributed by atoms with Gasteiger partial charge in [-0.15, -0.1) is 0 Å². The molecule has 0 spiro atoms. The van der Waals surface area contributed by atoms with Crippen molar-refractivity contribution in [3.05, 3.63) is 42.5 Å². The Labute approximate surface area is 141 Å². The summed E-state index contributed by atoms with van der Waals surface area (Å²) in [6.07, 6.45) is 17.6. The first-order chi connectivity index (χ1) is 11.3. The minimum atomic E-state index is -0.195. The molecule has 0 radical (unpaired) electrons. The molecule has 128 valence electrons. The van der Waals surface area contributed by atoms with Gasteiger partial charge in [-0.05, 0) is 25.0 Å². The van der Waals surface area contributed by atoms with Crippen LogP contribution in [0.4, 0.5) is 0 Å². The van der Waals surface area contributed by atoms with Crippen molar-refractivity contribution in [1.82, 2.24) is 0 Å². The van der Waals surface area contributed by atoms with Crippen molar-refractivity contribution in [2.75, 3.05) is 0 Å². The third-order valence-electron chi connectivity index (χ3n) is 3.90. The van der Waals surface area contributed by atoms with Crippen LogP contribution in [0.3, 0.4) is 0 Å². The number of carbonyl (C=O) groups excluding carboxylic acids is 1. The van der Waals surface area contributed by atoms with E-state index in [2.05, 4.69) is 13.0 Å². The van der Waals surface area contributed by atoms with Gasteiger partial charge < -0.3 is 4.74 Å². The fourth-order valence-electron chi connectivity index (χ4n) is 2.53. The highest BCUT2D eigenvalue weighted by Crippen LogP contribution is 2.11. The van der Waals surface area contributed by atoms with Crippen molar-refractivity contribution < 1.29 is 9.53 Å². The summed E-state index contributed by atoms with van der Waals surface area (Å²) >= 11 is 0. The lowest BCUT2D eigenvalue weighted by molar-refractivity contribution is -0.133. The number of rotatable bonds is 13. The van der Waals surface area contributed by atoms with Gasteiger partial charge in [0.15, 0.2) is 0 Å². The smallest absolute Gasteiger partial charge is 0.315 e. The molecule has 0 aliphatic heterocycles. The third-order valence-corrected chi connectivity index (χ3v) is 3.90. The number of hydrogen-bond donors (Lipinski definition) is 0. The number of carbonyl (C=O) groups is 1. The SMILES string of the molecule is CCCCCCCCCCC/C=C/CC(=O)Oc1ccccc1. The van der Waals surface area contributed by atoms with E-state index in [1.807, 2.05) is 24.3 Å². The maximum atomic E-state index is 11.6. The van der Waals surface area contributed by atoms with Gasteiger partial charge in [-0.25, -0.2) is 0 Å². The topological polar surface area (TPSA) is 26.3 Å². The van der Waals surface area contributed by atoms with Gasteiger partial charge >= 0.3 is 5.97 Å². The number of unbranched alkanes of at least 4 members (excludes halogenated alkanes) is 9. The number of allylic oxidation sites excluding steroid dienone is 1. The number of hydrogen-bond acceptors (Lipinski definition) is 2. The molecule has 1 rings (SSSR count). The van der Waals surface area contributed by atoms with E-state index < -0.39 is 0 Å². The number of esters is 1. The van der Waals surface area contributed by atoms with Crippen molar-refractivity contribution in [1.29, 1.82) is 0 Å². The van der Waals surface area contributed by atoms with Crippen LogP contribution in [-0.4, -0.2) is 5.97 Å². The molecule has 0 saturated heterocycles. The van der Waals surface area contributed by atoms with Gasteiger partial charge in [0.25, 0.3) is 0 Å². The molecule has 0 saturated carbocycles. The monoisotopic (exact) mass is 316 g/mol. The molecular formula is C21H32O2. The van der Waals surface area contributed by atoms with Crippen molar-refractivity contribution in [3.8, 4) is 5.75 Å². The Kier molecular flexibility index (Phi) is 11.9. The molecule has 0 atom stereocenters. The summed E-state index contributed by atoms with van der Waals surface area (Å²) in [5.41, 5.74) is 0. The van der Waals surface area contributed by atoms with E-state index in [0.717, 1.165) is 6.42 Å². The van der Waals surface area contributed by atoms with Crippen LogP contribution in [0, 0.1) is 0 Å². The Morgan fingerprint density at radius 2 is 1.48 bits per heavy atom. The molecule has 0 amide bonds. The summed E-state index contributed by atoms with van der Waals surface area (Å²) in [6, 6.07) is 9.22. The maximum absolute atomic E-state index is 11.6. The molecule has 2 nitrogen and oxygen atoms in total. The summed E-state index contributed by atoms with van der Waals surface area (Å²) in [4.78, 5) is 11.6. The van der Waals surface area contributed by atoms with Crippen molar-refractivity contribution in [2.45, 2.75) is 77.6 Å². The van der Waals surface area contributed by atoms with Crippen LogP contribution in [0.5, 0.6) is 5.75 Å². The third kappa shape index (κ3) is 11.6. The van der Waals surface area contributed by atoms with Gasteiger partial charge in [-0.1, -0.05) is 88.6 Å². The largest absolute Gasteiger partial charge is 0.426 e. The predicted molar refractivity (Wildman–Crippen MR) is 97.7 cm³/mol. The normalized spacial score (nSPS) is 11.0. The second-order valence-electron chi connectivity index (χ2n) is 6.08. The van der Waals surface area contributed by atoms with Crippen molar-refractivity contribution >= 4 is 5.97 Å². The van der Waals surface area contributed by atoms with E-state index in [0.29, 0.717) is 12.2 Å². The average molecular weight is 316 g/mol. The molecule has 23 heavy (non-hydrogen) atoms. The summed E-state index contributed by atoms with van der Waals surface area (Å²) in [6.45, 7) is 2.26. The highest BCUT2D eigenvalue weighted by molar-refractivity contribution is 5.73. The number of para-hydroxylation sites is 1. The summed E-state index contributed by atoms with van der Waals surface area (Å²) in [7, 11) is 0. The van der Waals surface area contributed by atoms with E-state index in [9.17, 15) is 4.79 Å². The first-order valence-electron chi connectivity index (χ1n) is 9.23. The molecule has 0 heterocycles. The van der Waals surface area contributed by atoms with E-state index >= 15 is 0 Å². The number of benzene rings is 1. The first kappa shape index (κ1) is 19.5. The predicted octanol–water partition coefficient (Wildman–Crippen LogP) is 6.46. The van der Waals surface area contributed by atoms with Gasteiger partial charge in [0.1, 0.15) is 5.75 Å². The standard InChI is InChI=1S/C21H32O2/c1-2-3-4-5-6-7-8-9-10-11-12-16-19-21(22)23-20-17-14-13-15-18-20/h12-18H,2-11,19H2,1H3/b16-12+. The van der Waals surface area contributed by atoms with E-state index in [1.54, 1.807) is 12.1 Å². The molecule has 1 aromatic rings. The van der Waals surface area contributed by atoms with Crippen LogP contribution in [0.2, 0.25) is 0 Å². The molecule has 2 heteroatoms. The summed E-state index contributed by atoms with van der Waals surface area (Å²) in [5.74, 6) is 0.421. The average Bonchev–Trinajstić information content (AvgIpc) is 2.57. The van der Waals surface area contributed by atoms with Crippen LogP contribution >= 0.6 is 0 Å². The van der Waals surface area contributed by atoms with E-state index in [4.69, 9.17) is 4.74 Å². The van der Waals surface area contributed by atoms with Gasteiger partial charge in [-0.3, -0.25) is 4.79 Å². The van der Waals surface area contributed by atoms with Crippen molar-refractivity contribution in [3.63, 3.8) is 0 Å². The Morgan fingerprint density at radius 1 is 0.870 bits per heavy atom. The quantitative estimate of drug-likeness (QED) is 0.181. The Bertz CT molecular complexity index is 423. The first-order valence-corrected chi connectivity index (χ1v) is 9.23. The van der Waals surface area contributed by atoms with E-state index in [-0.39, 0.29) is 5.97 Å². The Hall–Kier alpha value is -1.57. The maximum Gasteiger partial charge on any atom is 0.315 e. The molecule has 0 bridgehead atoms. The van der Waals surface area contributed by atoms with Crippen LogP contribution in [0.1, 0.15) is 77.6 Å². The lowest BCUT2D eigenvalue weighted by atomic mass is 10.1. The summed E-state index contributed by atoms with van der Waals surface area (Å²) < 4.78 is 5.22. The van der Waals surface area contributed by atoms with Crippen LogP contribution < -0.4 is 4.74 Å². The van der Waals surface area contributed by atoms with Crippen LogP contribution in [0.25, 0.3) is 0 Å². The fraction of sp³-hybridized carbons (Fsp3) is 0.571. The molecule has 0 unspecified atom stereocenters.